The van der Waals surface area contributed by atoms with Crippen LogP contribution in [0.25, 0.3) is 6.08 Å². The van der Waals surface area contributed by atoms with Gasteiger partial charge < -0.3 is 24.8 Å². The molecule has 5 aliphatic rings. The summed E-state index contributed by atoms with van der Waals surface area (Å²) in [5.41, 5.74) is -0.748. The largest absolute Gasteiger partial charge is 0.465 e. The van der Waals surface area contributed by atoms with Crippen LogP contribution in [0.15, 0.2) is 70.4 Å². The standard InChI is InChI=1S/C34H36F4N4O7S/c1-21-17-23(29(43)41-12-8-31(3,45)9-13-41)18-22(2)24(21)6-16-50(46,47)42-14-10-32(11-15-42)30(44)39-28(40-32)27-20-48-19-26(49-27)25-5-4-7-33(35,36)34(25,37)38/h4-7,16-20,45H,8-15H2,1-3H3,(H,39,40,44). The minimum absolute atomic E-state index is 0.00667. The lowest BCUT2D eigenvalue weighted by Crippen LogP contribution is -2.50. The fraction of sp³-hybridized carbons (Fsp3) is 0.441. The van der Waals surface area contributed by atoms with E-state index in [1.807, 2.05) is 0 Å². The number of alkyl halides is 4. The number of rotatable bonds is 6. The van der Waals surface area contributed by atoms with Crippen molar-refractivity contribution in [2.24, 2.45) is 4.99 Å². The van der Waals surface area contributed by atoms with E-state index < -0.39 is 50.2 Å². The Balaban J connectivity index is 1.10. The van der Waals surface area contributed by atoms with E-state index in [2.05, 4.69) is 10.3 Å². The Morgan fingerprint density at radius 1 is 1.00 bits per heavy atom. The lowest BCUT2D eigenvalue weighted by molar-refractivity contribution is -0.156. The van der Waals surface area contributed by atoms with E-state index in [1.54, 1.807) is 37.8 Å². The maximum absolute atomic E-state index is 14.5. The molecule has 16 heteroatoms. The van der Waals surface area contributed by atoms with Crippen LogP contribution in [0.4, 0.5) is 17.6 Å². The number of allylic oxidation sites excluding steroid dienone is 4. The number of likely N-dealkylation sites (tertiary alicyclic amines) is 1. The van der Waals surface area contributed by atoms with Crippen LogP contribution < -0.4 is 5.32 Å². The molecule has 0 unspecified atom stereocenters. The van der Waals surface area contributed by atoms with Gasteiger partial charge in [-0.25, -0.2) is 13.4 Å². The van der Waals surface area contributed by atoms with Crippen molar-refractivity contribution in [3.05, 3.63) is 87.6 Å². The highest BCUT2D eigenvalue weighted by atomic mass is 32.2. The number of benzene rings is 1. The Labute approximate surface area is 286 Å². The third-order valence-electron chi connectivity index (χ3n) is 9.66. The maximum atomic E-state index is 14.5. The number of carbonyl (C=O) groups is 2. The normalized spacial score (nSPS) is 24.2. The zero-order chi connectivity index (χ0) is 36.3. The van der Waals surface area contributed by atoms with Crippen LogP contribution in [0.3, 0.4) is 0 Å². The lowest BCUT2D eigenvalue weighted by atomic mass is 9.89. The summed E-state index contributed by atoms with van der Waals surface area (Å²) in [5, 5.41) is 13.8. The average Bonchev–Trinajstić information content (AvgIpc) is 3.36. The highest BCUT2D eigenvalue weighted by Gasteiger charge is 2.60. The van der Waals surface area contributed by atoms with Gasteiger partial charge in [-0.2, -0.15) is 21.9 Å². The molecule has 2 saturated heterocycles. The molecule has 1 aliphatic carbocycles. The van der Waals surface area contributed by atoms with Crippen LogP contribution in [0.2, 0.25) is 0 Å². The first-order chi connectivity index (χ1) is 23.3. The number of hydrogen-bond donors (Lipinski definition) is 2. The van der Waals surface area contributed by atoms with Crippen LogP contribution in [0.1, 0.15) is 59.7 Å². The summed E-state index contributed by atoms with van der Waals surface area (Å²) in [6.07, 6.45) is 5.79. The predicted octanol–water partition coefficient (Wildman–Crippen LogP) is 4.45. The molecule has 4 heterocycles. The molecule has 2 amide bonds. The monoisotopic (exact) mass is 720 g/mol. The highest BCUT2D eigenvalue weighted by Crippen LogP contribution is 2.47. The molecule has 268 valence electrons. The summed E-state index contributed by atoms with van der Waals surface area (Å²) in [7, 11) is -3.94. The van der Waals surface area contributed by atoms with E-state index in [9.17, 15) is 40.7 Å². The van der Waals surface area contributed by atoms with Gasteiger partial charge in [0.25, 0.3) is 11.8 Å². The van der Waals surface area contributed by atoms with E-state index in [0.717, 1.165) is 30.1 Å². The molecule has 0 bridgehead atoms. The van der Waals surface area contributed by atoms with Gasteiger partial charge in [0.2, 0.25) is 15.8 Å². The van der Waals surface area contributed by atoms with Crippen molar-refractivity contribution >= 4 is 33.7 Å². The molecular formula is C34H36F4N4O7S. The van der Waals surface area contributed by atoms with Gasteiger partial charge in [-0.05, 0) is 93.5 Å². The molecule has 0 saturated carbocycles. The molecule has 0 aromatic heterocycles. The number of hydrogen-bond acceptors (Lipinski definition) is 8. The summed E-state index contributed by atoms with van der Waals surface area (Å²) in [4.78, 5) is 32.4. The van der Waals surface area contributed by atoms with Crippen molar-refractivity contribution in [1.82, 2.24) is 14.5 Å². The second-order valence-electron chi connectivity index (χ2n) is 13.3. The van der Waals surface area contributed by atoms with E-state index in [0.29, 0.717) is 48.2 Å². The fourth-order valence-corrected chi connectivity index (χ4v) is 7.67. The molecular weight excluding hydrogens is 684 g/mol. The molecule has 11 nitrogen and oxygen atoms in total. The number of piperidine rings is 2. The Hall–Kier alpha value is -4.28. The number of aliphatic imine (C=N–C) groups is 1. The van der Waals surface area contributed by atoms with Crippen LogP contribution in [0, 0.1) is 13.8 Å². The first kappa shape index (κ1) is 35.5. The van der Waals surface area contributed by atoms with Crippen molar-refractivity contribution < 1.29 is 50.1 Å². The van der Waals surface area contributed by atoms with E-state index in [1.165, 1.54) is 10.4 Å². The third kappa shape index (κ3) is 6.51. The Morgan fingerprint density at radius 2 is 1.62 bits per heavy atom. The quantitative estimate of drug-likeness (QED) is 0.415. The van der Waals surface area contributed by atoms with Crippen molar-refractivity contribution in [2.75, 3.05) is 26.2 Å². The number of ether oxygens (including phenoxy) is 2. The molecule has 2 fully saturated rings. The third-order valence-corrected chi connectivity index (χ3v) is 11.2. The zero-order valence-electron chi connectivity index (χ0n) is 27.5. The first-order valence-electron chi connectivity index (χ1n) is 16.0. The maximum Gasteiger partial charge on any atom is 0.342 e. The Bertz CT molecular complexity index is 1890. The van der Waals surface area contributed by atoms with Crippen LogP contribution >= 0.6 is 0 Å². The summed E-state index contributed by atoms with van der Waals surface area (Å²) in [5.74, 6) is -10.9. The van der Waals surface area contributed by atoms with E-state index in [4.69, 9.17) is 9.47 Å². The van der Waals surface area contributed by atoms with Crippen LogP contribution in [-0.4, -0.2) is 89.5 Å². The number of nitrogens with zero attached hydrogens (tertiary/aromatic N) is 3. The summed E-state index contributed by atoms with van der Waals surface area (Å²) in [6.45, 7) is 6.08. The molecule has 50 heavy (non-hydrogen) atoms. The summed E-state index contributed by atoms with van der Waals surface area (Å²) < 4.78 is 95.2. The molecule has 1 aromatic rings. The Morgan fingerprint density at radius 3 is 2.26 bits per heavy atom. The van der Waals surface area contributed by atoms with Crippen LogP contribution in [-0.2, 0) is 24.3 Å². The van der Waals surface area contributed by atoms with Gasteiger partial charge in [0, 0.05) is 37.2 Å². The smallest absolute Gasteiger partial charge is 0.342 e. The number of carbonyl (C=O) groups excluding carboxylic acids is 2. The average molecular weight is 721 g/mol. The lowest BCUT2D eigenvalue weighted by Gasteiger charge is -2.36. The number of amidine groups is 1. The van der Waals surface area contributed by atoms with Gasteiger partial charge in [0.1, 0.15) is 18.1 Å². The number of aryl methyl sites for hydroxylation is 2. The number of amides is 2. The fourth-order valence-electron chi connectivity index (χ4n) is 6.50. The topological polar surface area (TPSA) is 138 Å². The van der Waals surface area contributed by atoms with Gasteiger partial charge in [0.15, 0.2) is 11.6 Å². The van der Waals surface area contributed by atoms with Crippen LogP contribution in [0.5, 0.6) is 0 Å². The number of sulfonamides is 1. The summed E-state index contributed by atoms with van der Waals surface area (Å²) >= 11 is 0. The zero-order valence-corrected chi connectivity index (χ0v) is 28.3. The van der Waals surface area contributed by atoms with Gasteiger partial charge in [-0.1, -0.05) is 6.08 Å². The summed E-state index contributed by atoms with van der Waals surface area (Å²) in [6, 6.07) is 3.43. The van der Waals surface area contributed by atoms with Crippen molar-refractivity contribution in [3.63, 3.8) is 0 Å². The molecule has 2 N–H and O–H groups in total. The second kappa shape index (κ2) is 12.5. The van der Waals surface area contributed by atoms with Gasteiger partial charge in [-0.3, -0.25) is 9.59 Å². The predicted molar refractivity (Wildman–Crippen MR) is 174 cm³/mol. The SMILES string of the molecule is Cc1cc(C(=O)N2CCC(C)(O)CC2)cc(C)c1C=CS(=O)(=O)N1CCC2(CC1)N=C(C1=COC=C(C3=CC=CC(F)(F)C3(F)F)O1)NC2=O. The van der Waals surface area contributed by atoms with Crippen molar-refractivity contribution in [3.8, 4) is 0 Å². The highest BCUT2D eigenvalue weighted by molar-refractivity contribution is 7.92. The second-order valence-corrected chi connectivity index (χ2v) is 15.2. The minimum atomic E-state index is -4.59. The van der Waals surface area contributed by atoms with Gasteiger partial charge >= 0.3 is 11.8 Å². The Kier molecular flexibility index (Phi) is 8.88. The van der Waals surface area contributed by atoms with Crippen molar-refractivity contribution in [1.29, 1.82) is 0 Å². The molecule has 0 radical (unpaired) electrons. The van der Waals surface area contributed by atoms with E-state index in [-0.39, 0.29) is 49.5 Å². The van der Waals surface area contributed by atoms with Gasteiger partial charge in [-0.15, -0.1) is 0 Å². The van der Waals surface area contributed by atoms with E-state index >= 15 is 0 Å². The molecule has 4 aliphatic heterocycles. The molecule has 6 rings (SSSR count). The molecule has 1 aromatic carbocycles. The minimum Gasteiger partial charge on any atom is -0.465 e. The molecule has 0 atom stereocenters. The van der Waals surface area contributed by atoms with Gasteiger partial charge in [0.05, 0.1) is 11.2 Å². The number of aliphatic hydroxyl groups is 1. The first-order valence-corrected chi connectivity index (χ1v) is 17.5. The van der Waals surface area contributed by atoms with Crippen molar-refractivity contribution in [2.45, 2.75) is 69.4 Å². The number of nitrogens with one attached hydrogen (secondary N) is 1. The number of halogens is 4. The molecule has 1 spiro atoms.